The van der Waals surface area contributed by atoms with Gasteiger partial charge >= 0.3 is 5.97 Å². The second-order valence-electron chi connectivity index (χ2n) is 5.95. The molecule has 0 bridgehead atoms. The summed E-state index contributed by atoms with van der Waals surface area (Å²) in [5.41, 5.74) is 3.20. The van der Waals surface area contributed by atoms with Crippen LogP contribution in [0.4, 0.5) is 5.69 Å². The van der Waals surface area contributed by atoms with Crippen LogP contribution in [0.5, 0.6) is 0 Å². The van der Waals surface area contributed by atoms with Gasteiger partial charge in [-0.1, -0.05) is 37.3 Å². The second kappa shape index (κ2) is 6.89. The number of hydrogen-bond donors (Lipinski definition) is 0. The van der Waals surface area contributed by atoms with Gasteiger partial charge in [-0.3, -0.25) is 9.59 Å². The van der Waals surface area contributed by atoms with E-state index in [1.165, 1.54) is 0 Å². The van der Waals surface area contributed by atoms with Crippen molar-refractivity contribution in [1.29, 1.82) is 0 Å². The van der Waals surface area contributed by atoms with Crippen molar-refractivity contribution in [2.75, 3.05) is 11.5 Å². The van der Waals surface area contributed by atoms with Crippen molar-refractivity contribution in [3.05, 3.63) is 65.2 Å². The molecule has 5 nitrogen and oxygen atoms in total. The first kappa shape index (κ1) is 16.9. The maximum Gasteiger partial charge on any atom is 0.375 e. The van der Waals surface area contributed by atoms with Crippen LogP contribution in [0.3, 0.4) is 0 Å². The Bertz CT molecular complexity index is 826. The molecule has 1 unspecified atom stereocenters. The summed E-state index contributed by atoms with van der Waals surface area (Å²) in [4.78, 5) is 37.8. The molecule has 3 rings (SSSR count). The number of carbonyl (C=O) groups excluding carboxylic acids is 3. The van der Waals surface area contributed by atoms with E-state index in [2.05, 4.69) is 0 Å². The first-order valence-electron chi connectivity index (χ1n) is 8.23. The number of benzene rings is 2. The first-order valence-corrected chi connectivity index (χ1v) is 8.23. The maximum atomic E-state index is 12.5. The summed E-state index contributed by atoms with van der Waals surface area (Å²) in [5.74, 6) is -2.00. The van der Waals surface area contributed by atoms with Gasteiger partial charge in [0, 0.05) is 11.3 Å². The molecule has 0 spiro atoms. The van der Waals surface area contributed by atoms with Crippen molar-refractivity contribution in [2.24, 2.45) is 0 Å². The number of anilines is 1. The third kappa shape index (κ3) is 3.18. The van der Waals surface area contributed by atoms with Gasteiger partial charge in [-0.15, -0.1) is 0 Å². The van der Waals surface area contributed by atoms with E-state index < -0.39 is 17.7 Å². The Labute approximate surface area is 146 Å². The highest BCUT2D eigenvalue weighted by Crippen LogP contribution is 2.29. The van der Waals surface area contributed by atoms with E-state index in [1.807, 2.05) is 24.3 Å². The Kier molecular flexibility index (Phi) is 4.65. The molecule has 25 heavy (non-hydrogen) atoms. The molecule has 0 aromatic heterocycles. The van der Waals surface area contributed by atoms with Gasteiger partial charge in [0.2, 0.25) is 5.78 Å². The SMILES string of the molecule is CCOC(=O)C(=O)C(C)c1ccc(N2Cc3ccccc3C2=O)cc1. The second-order valence-corrected chi connectivity index (χ2v) is 5.95. The molecule has 5 heteroatoms. The topological polar surface area (TPSA) is 63.7 Å². The molecule has 0 aliphatic carbocycles. The lowest BCUT2D eigenvalue weighted by molar-refractivity contribution is -0.154. The first-order chi connectivity index (χ1) is 12.0. The van der Waals surface area contributed by atoms with Gasteiger partial charge in [-0.25, -0.2) is 4.79 Å². The summed E-state index contributed by atoms with van der Waals surface area (Å²) in [6, 6.07) is 14.7. The maximum absolute atomic E-state index is 12.5. The number of amides is 1. The highest BCUT2D eigenvalue weighted by molar-refractivity contribution is 6.35. The van der Waals surface area contributed by atoms with E-state index in [0.29, 0.717) is 12.1 Å². The van der Waals surface area contributed by atoms with E-state index >= 15 is 0 Å². The fourth-order valence-corrected chi connectivity index (χ4v) is 2.94. The van der Waals surface area contributed by atoms with Gasteiger partial charge in [-0.2, -0.15) is 0 Å². The molecule has 2 aromatic rings. The van der Waals surface area contributed by atoms with Crippen LogP contribution in [0, 0.1) is 0 Å². The minimum absolute atomic E-state index is 0.0287. The zero-order valence-corrected chi connectivity index (χ0v) is 14.2. The predicted octanol–water partition coefficient (Wildman–Crippen LogP) is 3.08. The number of hydrogen-bond acceptors (Lipinski definition) is 4. The van der Waals surface area contributed by atoms with Gasteiger partial charge in [0.05, 0.1) is 19.1 Å². The summed E-state index contributed by atoms with van der Waals surface area (Å²) < 4.78 is 4.76. The van der Waals surface area contributed by atoms with Gasteiger partial charge in [0.25, 0.3) is 5.91 Å². The fraction of sp³-hybridized carbons (Fsp3) is 0.250. The van der Waals surface area contributed by atoms with E-state index in [-0.39, 0.29) is 12.5 Å². The van der Waals surface area contributed by atoms with Crippen molar-refractivity contribution in [3.8, 4) is 0 Å². The Morgan fingerprint density at radius 2 is 1.80 bits per heavy atom. The van der Waals surface area contributed by atoms with E-state index in [1.54, 1.807) is 43.0 Å². The van der Waals surface area contributed by atoms with Crippen LogP contribution in [-0.2, 0) is 20.9 Å². The molecule has 1 amide bonds. The third-order valence-corrected chi connectivity index (χ3v) is 4.40. The Morgan fingerprint density at radius 1 is 1.12 bits per heavy atom. The number of ether oxygens (including phenoxy) is 1. The van der Waals surface area contributed by atoms with Crippen molar-refractivity contribution < 1.29 is 19.1 Å². The number of rotatable bonds is 5. The molecule has 1 aliphatic rings. The van der Waals surface area contributed by atoms with E-state index in [0.717, 1.165) is 16.8 Å². The molecular weight excluding hydrogens is 318 g/mol. The smallest absolute Gasteiger partial charge is 0.375 e. The molecule has 0 fully saturated rings. The quantitative estimate of drug-likeness (QED) is 0.621. The number of nitrogens with zero attached hydrogens (tertiary/aromatic N) is 1. The standard InChI is InChI=1S/C20H19NO4/c1-3-25-20(24)18(22)13(2)14-8-10-16(11-9-14)21-12-15-6-4-5-7-17(15)19(21)23/h4-11,13H,3,12H2,1-2H3. The Morgan fingerprint density at radius 3 is 2.44 bits per heavy atom. The van der Waals surface area contributed by atoms with Crippen LogP contribution in [-0.4, -0.2) is 24.3 Å². The summed E-state index contributed by atoms with van der Waals surface area (Å²) in [6.07, 6.45) is 0. The van der Waals surface area contributed by atoms with Crippen molar-refractivity contribution in [1.82, 2.24) is 0 Å². The summed E-state index contributed by atoms with van der Waals surface area (Å²) in [7, 11) is 0. The summed E-state index contributed by atoms with van der Waals surface area (Å²) in [5, 5.41) is 0. The number of Topliss-reactive ketones (excluding diaryl/α,β-unsaturated/α-hetero) is 1. The van der Waals surface area contributed by atoms with Crippen molar-refractivity contribution in [3.63, 3.8) is 0 Å². The lowest BCUT2D eigenvalue weighted by Gasteiger charge is -2.17. The fourth-order valence-electron chi connectivity index (χ4n) is 2.94. The monoisotopic (exact) mass is 337 g/mol. The molecule has 0 saturated carbocycles. The number of fused-ring (bicyclic) bond motifs is 1. The average Bonchev–Trinajstić information content (AvgIpc) is 2.98. The van der Waals surface area contributed by atoms with Gasteiger partial charge in [0.15, 0.2) is 0 Å². The van der Waals surface area contributed by atoms with E-state index in [9.17, 15) is 14.4 Å². The van der Waals surface area contributed by atoms with Crippen LogP contribution in [0.25, 0.3) is 0 Å². The molecule has 1 atom stereocenters. The number of esters is 1. The van der Waals surface area contributed by atoms with Crippen LogP contribution in [0.2, 0.25) is 0 Å². The molecule has 1 heterocycles. The summed E-state index contributed by atoms with van der Waals surface area (Å²) in [6.45, 7) is 4.04. The zero-order chi connectivity index (χ0) is 18.0. The van der Waals surface area contributed by atoms with Crippen LogP contribution in [0.15, 0.2) is 48.5 Å². The van der Waals surface area contributed by atoms with Crippen LogP contribution >= 0.6 is 0 Å². The van der Waals surface area contributed by atoms with Crippen molar-refractivity contribution >= 4 is 23.3 Å². The van der Waals surface area contributed by atoms with Gasteiger partial charge < -0.3 is 9.64 Å². The highest BCUT2D eigenvalue weighted by Gasteiger charge is 2.28. The highest BCUT2D eigenvalue weighted by atomic mass is 16.5. The Balaban J connectivity index is 1.76. The van der Waals surface area contributed by atoms with Gasteiger partial charge in [-0.05, 0) is 36.2 Å². The minimum atomic E-state index is -0.816. The molecule has 0 radical (unpaired) electrons. The summed E-state index contributed by atoms with van der Waals surface area (Å²) >= 11 is 0. The largest absolute Gasteiger partial charge is 0.460 e. The number of carbonyl (C=O) groups is 3. The van der Waals surface area contributed by atoms with Crippen LogP contribution < -0.4 is 4.90 Å². The molecule has 128 valence electrons. The zero-order valence-electron chi connectivity index (χ0n) is 14.2. The minimum Gasteiger partial charge on any atom is -0.460 e. The predicted molar refractivity (Wildman–Crippen MR) is 93.5 cm³/mol. The molecule has 2 aromatic carbocycles. The molecular formula is C20H19NO4. The molecule has 0 saturated heterocycles. The lowest BCUT2D eigenvalue weighted by Crippen LogP contribution is -2.24. The normalized spacial score (nSPS) is 14.2. The lowest BCUT2D eigenvalue weighted by atomic mass is 9.96. The van der Waals surface area contributed by atoms with E-state index in [4.69, 9.17) is 4.74 Å². The average molecular weight is 337 g/mol. The van der Waals surface area contributed by atoms with Crippen LogP contribution in [0.1, 0.15) is 41.3 Å². The molecule has 0 N–H and O–H groups in total. The van der Waals surface area contributed by atoms with Crippen molar-refractivity contribution in [2.45, 2.75) is 26.3 Å². The molecule has 1 aliphatic heterocycles. The third-order valence-electron chi connectivity index (χ3n) is 4.40. The van der Waals surface area contributed by atoms with Gasteiger partial charge in [0.1, 0.15) is 0 Å². The number of ketones is 1. The Hall–Kier alpha value is -2.95.